The maximum atomic E-state index is 5.93. The SMILES string of the molecule is Cc1cccc(-c2nc(CN(C)Cc3cnn(-c4ccccc4C)c3)c(C)o2)c1. The van der Waals surface area contributed by atoms with Crippen molar-refractivity contribution in [3.8, 4) is 17.1 Å². The normalized spacial score (nSPS) is 11.3. The molecule has 0 radical (unpaired) electrons. The number of para-hydroxylation sites is 1. The Labute approximate surface area is 171 Å². The Kier molecular flexibility index (Phi) is 5.32. The molecule has 0 atom stereocenters. The van der Waals surface area contributed by atoms with Crippen molar-refractivity contribution in [2.24, 2.45) is 0 Å². The van der Waals surface area contributed by atoms with Crippen molar-refractivity contribution >= 4 is 0 Å². The first-order valence-electron chi connectivity index (χ1n) is 9.81. The van der Waals surface area contributed by atoms with E-state index in [0.29, 0.717) is 5.89 Å². The van der Waals surface area contributed by atoms with Crippen LogP contribution in [0.4, 0.5) is 0 Å². The van der Waals surface area contributed by atoms with Gasteiger partial charge in [-0.25, -0.2) is 9.67 Å². The van der Waals surface area contributed by atoms with Crippen LogP contribution in [0.5, 0.6) is 0 Å². The molecule has 4 rings (SSSR count). The monoisotopic (exact) mass is 386 g/mol. The van der Waals surface area contributed by atoms with Crippen LogP contribution in [0.1, 0.15) is 28.1 Å². The van der Waals surface area contributed by atoms with Crippen LogP contribution in [0, 0.1) is 20.8 Å². The average Bonchev–Trinajstić information content (AvgIpc) is 3.29. The van der Waals surface area contributed by atoms with Gasteiger partial charge in [-0.05, 0) is 51.6 Å². The number of hydrogen-bond acceptors (Lipinski definition) is 4. The summed E-state index contributed by atoms with van der Waals surface area (Å²) in [6.07, 6.45) is 4.02. The molecule has 5 heteroatoms. The molecule has 4 aromatic rings. The number of benzene rings is 2. The highest BCUT2D eigenvalue weighted by Crippen LogP contribution is 2.23. The van der Waals surface area contributed by atoms with E-state index >= 15 is 0 Å². The lowest BCUT2D eigenvalue weighted by molar-refractivity contribution is 0.313. The molecule has 0 aliphatic carbocycles. The fraction of sp³-hybridized carbons (Fsp3) is 0.250. The predicted octanol–water partition coefficient (Wildman–Crippen LogP) is 5.08. The molecule has 0 amide bonds. The molecule has 0 N–H and O–H groups in total. The second-order valence-electron chi connectivity index (χ2n) is 7.64. The third kappa shape index (κ3) is 4.30. The topological polar surface area (TPSA) is 47.1 Å². The Morgan fingerprint density at radius 2 is 1.83 bits per heavy atom. The maximum Gasteiger partial charge on any atom is 0.226 e. The number of aryl methyl sites for hydroxylation is 3. The minimum atomic E-state index is 0.682. The van der Waals surface area contributed by atoms with Gasteiger partial charge in [0.05, 0.1) is 17.6 Å². The molecule has 2 aromatic carbocycles. The molecule has 2 aromatic heterocycles. The molecule has 0 unspecified atom stereocenters. The van der Waals surface area contributed by atoms with Crippen molar-refractivity contribution in [3.63, 3.8) is 0 Å². The van der Waals surface area contributed by atoms with Crippen LogP contribution in [0.3, 0.4) is 0 Å². The predicted molar refractivity (Wildman–Crippen MR) is 115 cm³/mol. The van der Waals surface area contributed by atoms with Crippen molar-refractivity contribution in [2.75, 3.05) is 7.05 Å². The van der Waals surface area contributed by atoms with Crippen molar-refractivity contribution < 1.29 is 4.42 Å². The quantitative estimate of drug-likeness (QED) is 0.463. The molecule has 0 fully saturated rings. The van der Waals surface area contributed by atoms with Gasteiger partial charge >= 0.3 is 0 Å². The lowest BCUT2D eigenvalue weighted by Gasteiger charge is -2.14. The number of rotatable bonds is 6. The second kappa shape index (κ2) is 8.05. The largest absolute Gasteiger partial charge is 0.441 e. The van der Waals surface area contributed by atoms with Gasteiger partial charge in [-0.15, -0.1) is 0 Å². The molecule has 0 bridgehead atoms. The van der Waals surface area contributed by atoms with E-state index in [4.69, 9.17) is 9.40 Å². The summed E-state index contributed by atoms with van der Waals surface area (Å²) < 4.78 is 7.87. The van der Waals surface area contributed by atoms with E-state index in [2.05, 4.69) is 61.4 Å². The summed E-state index contributed by atoms with van der Waals surface area (Å²) in [5.74, 6) is 1.55. The first-order chi connectivity index (χ1) is 14.0. The van der Waals surface area contributed by atoms with Crippen molar-refractivity contribution in [2.45, 2.75) is 33.9 Å². The van der Waals surface area contributed by atoms with Crippen molar-refractivity contribution in [3.05, 3.63) is 89.1 Å². The Morgan fingerprint density at radius 3 is 2.62 bits per heavy atom. The van der Waals surface area contributed by atoms with E-state index in [1.54, 1.807) is 0 Å². The molecule has 0 saturated carbocycles. The molecule has 0 aliphatic rings. The molecular formula is C24H26N4O. The molecule has 5 nitrogen and oxygen atoms in total. The van der Waals surface area contributed by atoms with Gasteiger partial charge in [-0.2, -0.15) is 5.10 Å². The fourth-order valence-electron chi connectivity index (χ4n) is 3.49. The molecule has 0 saturated heterocycles. The number of nitrogens with zero attached hydrogens (tertiary/aromatic N) is 4. The van der Waals surface area contributed by atoms with Crippen LogP contribution >= 0.6 is 0 Å². The van der Waals surface area contributed by atoms with Gasteiger partial charge in [0.15, 0.2) is 0 Å². The summed E-state index contributed by atoms with van der Waals surface area (Å²) in [5.41, 5.74) is 6.66. The minimum Gasteiger partial charge on any atom is -0.441 e. The first-order valence-corrected chi connectivity index (χ1v) is 9.81. The highest BCUT2D eigenvalue weighted by atomic mass is 16.4. The van der Waals surface area contributed by atoms with Crippen LogP contribution in [-0.2, 0) is 13.1 Å². The summed E-state index contributed by atoms with van der Waals surface area (Å²) in [6.45, 7) is 7.66. The Bertz CT molecular complexity index is 1130. The van der Waals surface area contributed by atoms with E-state index in [-0.39, 0.29) is 0 Å². The van der Waals surface area contributed by atoms with Crippen LogP contribution in [0.25, 0.3) is 17.1 Å². The van der Waals surface area contributed by atoms with Crippen molar-refractivity contribution in [1.82, 2.24) is 19.7 Å². The smallest absolute Gasteiger partial charge is 0.226 e. The van der Waals surface area contributed by atoms with E-state index in [0.717, 1.165) is 41.4 Å². The minimum absolute atomic E-state index is 0.682. The molecule has 0 spiro atoms. The summed E-state index contributed by atoms with van der Waals surface area (Å²) in [5, 5.41) is 4.53. The summed E-state index contributed by atoms with van der Waals surface area (Å²) in [4.78, 5) is 6.96. The zero-order valence-corrected chi connectivity index (χ0v) is 17.4. The van der Waals surface area contributed by atoms with E-state index < -0.39 is 0 Å². The van der Waals surface area contributed by atoms with E-state index in [1.807, 2.05) is 42.1 Å². The van der Waals surface area contributed by atoms with Gasteiger partial charge in [0.1, 0.15) is 5.76 Å². The van der Waals surface area contributed by atoms with Gasteiger partial charge in [0, 0.05) is 30.4 Å². The van der Waals surface area contributed by atoms with Gasteiger partial charge in [-0.3, -0.25) is 4.90 Å². The van der Waals surface area contributed by atoms with Crippen LogP contribution in [-0.4, -0.2) is 26.7 Å². The van der Waals surface area contributed by atoms with Gasteiger partial charge in [0.25, 0.3) is 0 Å². The Morgan fingerprint density at radius 1 is 1.00 bits per heavy atom. The third-order valence-corrected chi connectivity index (χ3v) is 5.03. The third-order valence-electron chi connectivity index (χ3n) is 5.03. The second-order valence-corrected chi connectivity index (χ2v) is 7.64. The van der Waals surface area contributed by atoms with Crippen LogP contribution in [0.15, 0.2) is 65.3 Å². The van der Waals surface area contributed by atoms with Gasteiger partial charge in [0.2, 0.25) is 5.89 Å². The molecule has 0 aliphatic heterocycles. The molecule has 29 heavy (non-hydrogen) atoms. The van der Waals surface area contributed by atoms with E-state index in [9.17, 15) is 0 Å². The Hall–Kier alpha value is -3.18. The van der Waals surface area contributed by atoms with Crippen LogP contribution < -0.4 is 0 Å². The highest BCUT2D eigenvalue weighted by Gasteiger charge is 2.14. The van der Waals surface area contributed by atoms with E-state index in [1.165, 1.54) is 11.1 Å². The number of aromatic nitrogens is 3. The number of hydrogen-bond donors (Lipinski definition) is 0. The summed E-state index contributed by atoms with van der Waals surface area (Å²) >= 11 is 0. The maximum absolute atomic E-state index is 5.93. The van der Waals surface area contributed by atoms with Gasteiger partial charge < -0.3 is 4.42 Å². The lowest BCUT2D eigenvalue weighted by Crippen LogP contribution is -2.17. The average molecular weight is 386 g/mol. The van der Waals surface area contributed by atoms with Gasteiger partial charge in [-0.1, -0.05) is 35.9 Å². The zero-order chi connectivity index (χ0) is 20.4. The summed E-state index contributed by atoms with van der Waals surface area (Å²) in [7, 11) is 2.09. The summed E-state index contributed by atoms with van der Waals surface area (Å²) in [6, 6.07) is 16.5. The van der Waals surface area contributed by atoms with Crippen molar-refractivity contribution in [1.29, 1.82) is 0 Å². The highest BCUT2D eigenvalue weighted by molar-refractivity contribution is 5.54. The lowest BCUT2D eigenvalue weighted by atomic mass is 10.1. The number of oxazole rings is 1. The zero-order valence-electron chi connectivity index (χ0n) is 17.4. The molecular weight excluding hydrogens is 360 g/mol. The molecule has 2 heterocycles. The standard InChI is InChI=1S/C24H26N4O/c1-17-8-7-10-21(12-17)24-26-22(19(3)29-24)16-27(4)14-20-13-25-28(15-20)23-11-6-5-9-18(23)2/h5-13,15H,14,16H2,1-4H3. The van der Waals surface area contributed by atoms with Crippen LogP contribution in [0.2, 0.25) is 0 Å². The first kappa shape index (κ1) is 19.2. The fourth-order valence-corrected chi connectivity index (χ4v) is 3.49. The Balaban J connectivity index is 1.45. The molecule has 148 valence electrons.